The van der Waals surface area contributed by atoms with E-state index in [0.29, 0.717) is 37.4 Å². The summed E-state index contributed by atoms with van der Waals surface area (Å²) >= 11 is 0. The quantitative estimate of drug-likeness (QED) is 0.715. The van der Waals surface area contributed by atoms with Gasteiger partial charge in [-0.15, -0.1) is 0 Å². The predicted molar refractivity (Wildman–Crippen MR) is 127 cm³/mol. The number of nitrogens with zero attached hydrogens (tertiary/aromatic N) is 5. The number of rotatable bonds is 7. The molecule has 2 aromatic heterocycles. The number of carbonyl (C=O) groups is 2. The summed E-state index contributed by atoms with van der Waals surface area (Å²) in [6.45, 7) is 13.5. The summed E-state index contributed by atoms with van der Waals surface area (Å²) in [4.78, 5) is 40.5. The second kappa shape index (κ2) is 10.4. The van der Waals surface area contributed by atoms with E-state index in [1.807, 2.05) is 49.6 Å². The van der Waals surface area contributed by atoms with Gasteiger partial charge in [-0.3, -0.25) is 14.6 Å². The molecule has 0 spiro atoms. The Balaban J connectivity index is 1.64. The lowest BCUT2D eigenvalue weighted by molar-refractivity contribution is 0.0641. The van der Waals surface area contributed by atoms with Crippen molar-refractivity contribution in [2.45, 2.75) is 46.7 Å². The normalized spacial score (nSPS) is 14.1. The number of pyridine rings is 2. The number of anilines is 2. The molecule has 32 heavy (non-hydrogen) atoms. The summed E-state index contributed by atoms with van der Waals surface area (Å²) in [5, 5.41) is 3.34. The highest BCUT2D eigenvalue weighted by molar-refractivity contribution is 5.96. The molecule has 1 N–H and O–H groups in total. The molecule has 8 nitrogen and oxygen atoms in total. The summed E-state index contributed by atoms with van der Waals surface area (Å²) < 4.78 is 0. The molecule has 1 aliphatic rings. The third-order valence-corrected chi connectivity index (χ3v) is 5.60. The van der Waals surface area contributed by atoms with Crippen molar-refractivity contribution in [1.29, 1.82) is 0 Å². The zero-order valence-corrected chi connectivity index (χ0v) is 19.7. The van der Waals surface area contributed by atoms with E-state index in [0.717, 1.165) is 18.1 Å². The van der Waals surface area contributed by atoms with Gasteiger partial charge in [0, 0.05) is 57.2 Å². The number of hydrogen-bond donors (Lipinski definition) is 1. The number of carbonyl (C=O) groups excluding carboxylic acids is 2. The van der Waals surface area contributed by atoms with Crippen LogP contribution in [0.5, 0.6) is 0 Å². The largest absolute Gasteiger partial charge is 0.382 e. The first-order valence-corrected chi connectivity index (χ1v) is 11.3. The fourth-order valence-electron chi connectivity index (χ4n) is 4.12. The van der Waals surface area contributed by atoms with Crippen LogP contribution >= 0.6 is 0 Å². The maximum Gasteiger partial charge on any atom is 0.272 e. The lowest BCUT2D eigenvalue weighted by Gasteiger charge is -2.36. The Bertz CT molecular complexity index is 912. The van der Waals surface area contributed by atoms with Crippen LogP contribution in [0.3, 0.4) is 0 Å². The van der Waals surface area contributed by atoms with Gasteiger partial charge in [0.2, 0.25) is 0 Å². The Kier molecular flexibility index (Phi) is 7.66. The third-order valence-electron chi connectivity index (χ3n) is 5.60. The van der Waals surface area contributed by atoms with Crippen LogP contribution in [0.4, 0.5) is 11.5 Å². The molecule has 3 rings (SSSR count). The van der Waals surface area contributed by atoms with Gasteiger partial charge >= 0.3 is 0 Å². The Morgan fingerprint density at radius 3 is 2.28 bits per heavy atom. The minimum absolute atomic E-state index is 0.0676. The van der Waals surface area contributed by atoms with Crippen molar-refractivity contribution >= 4 is 23.3 Å². The van der Waals surface area contributed by atoms with Crippen molar-refractivity contribution in [1.82, 2.24) is 19.8 Å². The van der Waals surface area contributed by atoms with Crippen LogP contribution in [0, 0.1) is 0 Å². The Morgan fingerprint density at radius 2 is 1.72 bits per heavy atom. The average Bonchev–Trinajstić information content (AvgIpc) is 2.79. The lowest BCUT2D eigenvalue weighted by atomic mass is 10.1. The molecule has 172 valence electrons. The highest BCUT2D eigenvalue weighted by Crippen LogP contribution is 2.24. The summed E-state index contributed by atoms with van der Waals surface area (Å²) in [7, 11) is 0. The van der Waals surface area contributed by atoms with Gasteiger partial charge in [0.05, 0.1) is 11.3 Å². The highest BCUT2D eigenvalue weighted by Gasteiger charge is 2.26. The van der Waals surface area contributed by atoms with Gasteiger partial charge in [-0.2, -0.15) is 0 Å². The van der Waals surface area contributed by atoms with Crippen molar-refractivity contribution in [3.8, 4) is 0 Å². The van der Waals surface area contributed by atoms with Crippen LogP contribution in [0.15, 0.2) is 36.7 Å². The first-order valence-electron chi connectivity index (χ1n) is 11.3. The number of nitrogens with one attached hydrogen (secondary N) is 1. The Labute approximate surface area is 190 Å². The van der Waals surface area contributed by atoms with E-state index in [1.165, 1.54) is 6.20 Å². The molecular formula is C24H34N6O2. The lowest BCUT2D eigenvalue weighted by Crippen LogP contribution is -2.49. The molecule has 1 fully saturated rings. The van der Waals surface area contributed by atoms with E-state index in [-0.39, 0.29) is 23.9 Å². The highest BCUT2D eigenvalue weighted by atomic mass is 16.2. The van der Waals surface area contributed by atoms with Gasteiger partial charge in [-0.1, -0.05) is 0 Å². The number of aromatic nitrogens is 2. The molecule has 0 atom stereocenters. The molecule has 1 aliphatic heterocycles. The summed E-state index contributed by atoms with van der Waals surface area (Å²) in [6, 6.07) is 7.48. The monoisotopic (exact) mass is 438 g/mol. The van der Waals surface area contributed by atoms with Gasteiger partial charge < -0.3 is 20.0 Å². The number of hydrogen-bond acceptors (Lipinski definition) is 6. The number of piperazine rings is 1. The fraction of sp³-hybridized carbons (Fsp3) is 0.500. The van der Waals surface area contributed by atoms with Crippen molar-refractivity contribution in [2.75, 3.05) is 42.9 Å². The maximum absolute atomic E-state index is 13.0. The van der Waals surface area contributed by atoms with Crippen molar-refractivity contribution < 1.29 is 9.59 Å². The van der Waals surface area contributed by atoms with E-state index in [9.17, 15) is 9.59 Å². The first-order chi connectivity index (χ1) is 15.3. The Morgan fingerprint density at radius 1 is 1.03 bits per heavy atom. The minimum Gasteiger partial charge on any atom is -0.382 e. The molecule has 0 aliphatic carbocycles. The van der Waals surface area contributed by atoms with Crippen molar-refractivity contribution in [3.05, 3.63) is 47.9 Å². The molecular weight excluding hydrogens is 404 g/mol. The second-order valence-corrected chi connectivity index (χ2v) is 8.52. The molecule has 2 aromatic rings. The summed E-state index contributed by atoms with van der Waals surface area (Å²) in [5.41, 5.74) is 1.87. The number of amides is 2. The van der Waals surface area contributed by atoms with Crippen LogP contribution in [0.2, 0.25) is 0 Å². The molecule has 1 saturated heterocycles. The molecule has 0 radical (unpaired) electrons. The van der Waals surface area contributed by atoms with Gasteiger partial charge in [-0.25, -0.2) is 4.98 Å². The SMILES string of the molecule is CCNc1cccnc1N1CCN(C(=O)c2ccc(C(=O)N(C(C)C)C(C)C)cn2)CC1. The summed E-state index contributed by atoms with van der Waals surface area (Å²) in [5.74, 6) is 0.741. The van der Waals surface area contributed by atoms with E-state index < -0.39 is 0 Å². The molecule has 2 amide bonds. The van der Waals surface area contributed by atoms with Crippen LogP contribution in [0.25, 0.3) is 0 Å². The van der Waals surface area contributed by atoms with E-state index in [1.54, 1.807) is 18.3 Å². The molecule has 0 bridgehead atoms. The second-order valence-electron chi connectivity index (χ2n) is 8.52. The topological polar surface area (TPSA) is 81.7 Å². The van der Waals surface area contributed by atoms with E-state index in [2.05, 4.69) is 27.1 Å². The third kappa shape index (κ3) is 5.18. The van der Waals surface area contributed by atoms with Crippen LogP contribution in [0.1, 0.15) is 55.5 Å². The first kappa shape index (κ1) is 23.5. The van der Waals surface area contributed by atoms with Crippen molar-refractivity contribution in [2.24, 2.45) is 0 Å². The summed E-state index contributed by atoms with van der Waals surface area (Å²) in [6.07, 6.45) is 3.31. The van der Waals surface area contributed by atoms with Gasteiger partial charge in [0.15, 0.2) is 5.82 Å². The van der Waals surface area contributed by atoms with E-state index >= 15 is 0 Å². The van der Waals surface area contributed by atoms with Gasteiger partial charge in [-0.05, 0) is 58.9 Å². The van der Waals surface area contributed by atoms with E-state index in [4.69, 9.17) is 0 Å². The fourth-order valence-corrected chi connectivity index (χ4v) is 4.12. The van der Waals surface area contributed by atoms with Crippen LogP contribution in [-0.2, 0) is 0 Å². The molecule has 8 heteroatoms. The zero-order chi connectivity index (χ0) is 23.3. The standard InChI is InChI=1S/C24H34N6O2/c1-6-25-20-8-7-11-26-22(20)28-12-14-29(15-13-28)24(32)21-10-9-19(16-27-21)23(31)30(17(2)3)18(4)5/h7-11,16-18,25H,6,12-15H2,1-5H3. The molecule has 0 aromatic carbocycles. The average molecular weight is 439 g/mol. The van der Waals surface area contributed by atoms with Crippen LogP contribution < -0.4 is 10.2 Å². The van der Waals surface area contributed by atoms with Crippen LogP contribution in [-0.4, -0.2) is 76.4 Å². The smallest absolute Gasteiger partial charge is 0.272 e. The predicted octanol–water partition coefficient (Wildman–Crippen LogP) is 3.13. The molecule has 0 unspecified atom stereocenters. The van der Waals surface area contributed by atoms with Gasteiger partial charge in [0.25, 0.3) is 11.8 Å². The Hall–Kier alpha value is -3.16. The van der Waals surface area contributed by atoms with Crippen molar-refractivity contribution in [3.63, 3.8) is 0 Å². The molecule has 0 saturated carbocycles. The minimum atomic E-state index is -0.110. The van der Waals surface area contributed by atoms with Gasteiger partial charge in [0.1, 0.15) is 5.69 Å². The maximum atomic E-state index is 13.0. The zero-order valence-electron chi connectivity index (χ0n) is 19.7. The molecule has 3 heterocycles.